The molecular formula is C19H25N3. The average molecular weight is 295 g/mol. The van der Waals surface area contributed by atoms with Gasteiger partial charge in [0.25, 0.3) is 0 Å². The van der Waals surface area contributed by atoms with Crippen LogP contribution in [-0.4, -0.2) is 22.6 Å². The van der Waals surface area contributed by atoms with Crippen LogP contribution in [0.1, 0.15) is 44.6 Å². The van der Waals surface area contributed by atoms with Gasteiger partial charge in [0.2, 0.25) is 0 Å². The zero-order valence-corrected chi connectivity index (χ0v) is 13.3. The molecule has 5 rings (SSSR count). The van der Waals surface area contributed by atoms with E-state index in [0.717, 1.165) is 17.4 Å². The Kier molecular flexibility index (Phi) is 3.32. The molecule has 4 saturated carbocycles. The van der Waals surface area contributed by atoms with Gasteiger partial charge in [-0.15, -0.1) is 0 Å². The summed E-state index contributed by atoms with van der Waals surface area (Å²) < 4.78 is 0. The molecule has 0 heterocycles. The van der Waals surface area contributed by atoms with Crippen LogP contribution in [0.25, 0.3) is 0 Å². The maximum atomic E-state index is 8.68. The fraction of sp³-hybridized carbons (Fsp3) is 0.579. The number of benzene rings is 1. The third kappa shape index (κ3) is 2.18. The minimum atomic E-state index is 0.387. The number of nitrogens with one attached hydrogen (secondary N) is 2. The van der Waals surface area contributed by atoms with E-state index in [2.05, 4.69) is 0 Å². The molecule has 0 atom stereocenters. The van der Waals surface area contributed by atoms with E-state index in [-0.39, 0.29) is 0 Å². The number of rotatable bonds is 2. The molecule has 0 spiro atoms. The normalized spacial score (nSPS) is 35.4. The molecule has 4 aliphatic carbocycles. The van der Waals surface area contributed by atoms with Crippen LogP contribution in [0.4, 0.5) is 0 Å². The van der Waals surface area contributed by atoms with Crippen molar-refractivity contribution < 1.29 is 0 Å². The van der Waals surface area contributed by atoms with Crippen molar-refractivity contribution in [3.8, 4) is 0 Å². The summed E-state index contributed by atoms with van der Waals surface area (Å²) in [6.07, 6.45) is 6.74. The molecule has 4 fully saturated rings. The van der Waals surface area contributed by atoms with Crippen LogP contribution in [0.15, 0.2) is 30.3 Å². The van der Waals surface area contributed by atoms with Gasteiger partial charge in [-0.1, -0.05) is 30.3 Å². The van der Waals surface area contributed by atoms with Crippen molar-refractivity contribution in [2.45, 2.75) is 45.1 Å². The molecular weight excluding hydrogens is 270 g/mol. The molecule has 2 N–H and O–H groups in total. The summed E-state index contributed by atoms with van der Waals surface area (Å²) >= 11 is 0. The van der Waals surface area contributed by atoms with Crippen LogP contribution < -0.4 is 0 Å². The van der Waals surface area contributed by atoms with Crippen LogP contribution in [0.2, 0.25) is 0 Å². The lowest BCUT2D eigenvalue weighted by Gasteiger charge is -2.57. The van der Waals surface area contributed by atoms with E-state index in [0.29, 0.717) is 29.5 Å². The van der Waals surface area contributed by atoms with E-state index in [9.17, 15) is 0 Å². The van der Waals surface area contributed by atoms with Gasteiger partial charge in [-0.05, 0) is 62.7 Å². The Balaban J connectivity index is 1.65. The molecule has 4 aliphatic rings. The standard InChI is InChI=1S/C19H25N3/c1-12(20)22(19(21)15-5-3-2-4-6-15)18-16-8-13-7-14(10-16)11-17(18)9-13/h2-6,13-14,16-18,20-21H,7-11H2,1H3. The SMILES string of the molecule is CC(=N)N(C(=N)c1ccccc1)C1C2CC3CC(C2)CC1C3. The predicted octanol–water partition coefficient (Wildman–Crippen LogP) is 4.14. The lowest BCUT2D eigenvalue weighted by molar-refractivity contribution is -0.0299. The third-order valence-electron chi connectivity index (χ3n) is 6.12. The molecule has 0 amide bonds. The highest BCUT2D eigenvalue weighted by Crippen LogP contribution is 2.55. The highest BCUT2D eigenvalue weighted by molar-refractivity contribution is 6.06. The Bertz CT molecular complexity index is 564. The highest BCUT2D eigenvalue weighted by atomic mass is 15.2. The molecule has 3 heteroatoms. The van der Waals surface area contributed by atoms with Crippen LogP contribution in [-0.2, 0) is 0 Å². The molecule has 0 radical (unpaired) electrons. The lowest BCUT2D eigenvalue weighted by atomic mass is 9.53. The first-order valence-electron chi connectivity index (χ1n) is 8.62. The van der Waals surface area contributed by atoms with Crippen molar-refractivity contribution in [1.29, 1.82) is 10.8 Å². The largest absolute Gasteiger partial charge is 0.312 e. The van der Waals surface area contributed by atoms with Crippen molar-refractivity contribution in [3.63, 3.8) is 0 Å². The fourth-order valence-electron chi connectivity index (χ4n) is 5.59. The molecule has 4 bridgehead atoms. The van der Waals surface area contributed by atoms with Gasteiger partial charge in [-0.25, -0.2) is 0 Å². The van der Waals surface area contributed by atoms with Gasteiger partial charge in [-0.3, -0.25) is 10.8 Å². The van der Waals surface area contributed by atoms with Crippen LogP contribution in [0.3, 0.4) is 0 Å². The van der Waals surface area contributed by atoms with Gasteiger partial charge in [0, 0.05) is 11.6 Å². The van der Waals surface area contributed by atoms with E-state index >= 15 is 0 Å². The van der Waals surface area contributed by atoms with Gasteiger partial charge >= 0.3 is 0 Å². The lowest BCUT2D eigenvalue weighted by Crippen LogP contribution is -2.58. The second-order valence-electron chi connectivity index (χ2n) is 7.59. The van der Waals surface area contributed by atoms with Crippen molar-refractivity contribution in [2.75, 3.05) is 0 Å². The molecule has 0 aliphatic heterocycles. The fourth-order valence-corrected chi connectivity index (χ4v) is 5.59. The summed E-state index contributed by atoms with van der Waals surface area (Å²) in [7, 11) is 0. The molecule has 0 aromatic heterocycles. The quantitative estimate of drug-likeness (QED) is 0.625. The zero-order valence-electron chi connectivity index (χ0n) is 13.3. The topological polar surface area (TPSA) is 50.9 Å². The van der Waals surface area contributed by atoms with Gasteiger partial charge < -0.3 is 4.90 Å². The maximum absolute atomic E-state index is 8.68. The summed E-state index contributed by atoms with van der Waals surface area (Å²) in [5.74, 6) is 4.30. The molecule has 22 heavy (non-hydrogen) atoms. The Labute approximate surface area is 132 Å². The van der Waals surface area contributed by atoms with E-state index in [1.165, 1.54) is 32.1 Å². The van der Waals surface area contributed by atoms with Gasteiger partial charge in [0.05, 0.1) is 5.84 Å². The van der Waals surface area contributed by atoms with Crippen LogP contribution >= 0.6 is 0 Å². The summed E-state index contributed by atoms with van der Waals surface area (Å²) in [6, 6.07) is 10.3. The van der Waals surface area contributed by atoms with Gasteiger partial charge in [0.1, 0.15) is 5.84 Å². The third-order valence-corrected chi connectivity index (χ3v) is 6.12. The first-order valence-corrected chi connectivity index (χ1v) is 8.62. The Morgan fingerprint density at radius 1 is 0.909 bits per heavy atom. The van der Waals surface area contributed by atoms with E-state index in [1.807, 2.05) is 42.2 Å². The van der Waals surface area contributed by atoms with E-state index < -0.39 is 0 Å². The van der Waals surface area contributed by atoms with Gasteiger partial charge in [-0.2, -0.15) is 0 Å². The zero-order chi connectivity index (χ0) is 15.3. The molecule has 116 valence electrons. The van der Waals surface area contributed by atoms with E-state index in [4.69, 9.17) is 10.8 Å². The first-order chi connectivity index (χ1) is 10.6. The highest BCUT2D eigenvalue weighted by Gasteiger charge is 2.51. The van der Waals surface area contributed by atoms with Crippen molar-refractivity contribution in [1.82, 2.24) is 4.90 Å². The van der Waals surface area contributed by atoms with Crippen molar-refractivity contribution in [3.05, 3.63) is 35.9 Å². The summed E-state index contributed by atoms with van der Waals surface area (Å²) in [6.45, 7) is 1.85. The number of hydrogen-bond donors (Lipinski definition) is 2. The summed E-state index contributed by atoms with van der Waals surface area (Å²) in [5, 5.41) is 17.0. The monoisotopic (exact) mass is 295 g/mol. The first kappa shape index (κ1) is 14.0. The molecule has 1 aromatic rings. The minimum Gasteiger partial charge on any atom is -0.312 e. The molecule has 0 unspecified atom stereocenters. The number of nitrogens with zero attached hydrogens (tertiary/aromatic N) is 1. The number of hydrogen-bond acceptors (Lipinski definition) is 2. The molecule has 0 saturated heterocycles. The predicted molar refractivity (Wildman–Crippen MR) is 89.3 cm³/mol. The van der Waals surface area contributed by atoms with E-state index in [1.54, 1.807) is 0 Å². The molecule has 3 nitrogen and oxygen atoms in total. The summed E-state index contributed by atoms with van der Waals surface area (Å²) in [5.41, 5.74) is 0.933. The molecule has 1 aromatic carbocycles. The van der Waals surface area contributed by atoms with Crippen molar-refractivity contribution in [2.24, 2.45) is 23.7 Å². The second kappa shape index (κ2) is 5.22. The van der Waals surface area contributed by atoms with Crippen LogP contribution in [0, 0.1) is 34.5 Å². The van der Waals surface area contributed by atoms with Crippen LogP contribution in [0.5, 0.6) is 0 Å². The number of amidine groups is 2. The van der Waals surface area contributed by atoms with Crippen molar-refractivity contribution >= 4 is 11.7 Å². The smallest absolute Gasteiger partial charge is 0.133 e. The Morgan fingerprint density at radius 3 is 1.95 bits per heavy atom. The maximum Gasteiger partial charge on any atom is 0.133 e. The Hall–Kier alpha value is -1.64. The average Bonchev–Trinajstić information content (AvgIpc) is 2.50. The summed E-state index contributed by atoms with van der Waals surface area (Å²) in [4.78, 5) is 2.04. The Morgan fingerprint density at radius 2 is 1.45 bits per heavy atom. The van der Waals surface area contributed by atoms with Gasteiger partial charge in [0.15, 0.2) is 0 Å². The minimum absolute atomic E-state index is 0.387. The second-order valence-corrected chi connectivity index (χ2v) is 7.59.